The van der Waals surface area contributed by atoms with Gasteiger partial charge in [-0.2, -0.15) is 0 Å². The van der Waals surface area contributed by atoms with Crippen LogP contribution < -0.4 is 4.74 Å². The number of ether oxygens (including phenoxy) is 2. The third kappa shape index (κ3) is 3.45. The fraction of sp³-hybridized carbons (Fsp3) is 0.333. The van der Waals surface area contributed by atoms with Crippen molar-refractivity contribution in [2.45, 2.75) is 13.3 Å². The Hall–Kier alpha value is -1.06. The second-order valence-corrected chi connectivity index (χ2v) is 4.11. The minimum Gasteiger partial charge on any atom is -0.464 e. The van der Waals surface area contributed by atoms with Crippen molar-refractivity contribution in [3.8, 4) is 5.75 Å². The number of pyridine rings is 1. The molecule has 4 nitrogen and oxygen atoms in total. The highest BCUT2D eigenvalue weighted by atomic mass is 127. The third-order valence-electron chi connectivity index (χ3n) is 1.82. The van der Waals surface area contributed by atoms with E-state index in [1.807, 2.05) is 0 Å². The molecule has 0 amide bonds. The predicted octanol–water partition coefficient (Wildman–Crippen LogP) is 2.68. The molecule has 0 fully saturated rings. The number of halogens is 4. The smallest absolute Gasteiger partial charge is 0.464 e. The number of hydrogen-bond donors (Lipinski definition) is 0. The molecular weight excluding hydrogens is 354 g/mol. The molecule has 0 aliphatic heterocycles. The standard InChI is InChI=1S/C9H7F3INO3/c1-4-5(13)3-14-6(8(15)16-2)7(4)17-9(10,11)12/h3H,1-2H3. The molecule has 0 atom stereocenters. The van der Waals surface area contributed by atoms with Crippen molar-refractivity contribution in [3.05, 3.63) is 21.0 Å². The van der Waals surface area contributed by atoms with Crippen molar-refractivity contribution < 1.29 is 27.4 Å². The lowest BCUT2D eigenvalue weighted by Gasteiger charge is -2.14. The number of methoxy groups -OCH3 is 1. The molecule has 0 aromatic carbocycles. The summed E-state index contributed by atoms with van der Waals surface area (Å²) < 4.78 is 45.2. The average Bonchev–Trinajstić information content (AvgIpc) is 2.22. The largest absolute Gasteiger partial charge is 0.573 e. The molecule has 1 aromatic rings. The molecule has 0 saturated heterocycles. The Morgan fingerprint density at radius 3 is 2.53 bits per heavy atom. The van der Waals surface area contributed by atoms with E-state index in [2.05, 4.69) is 14.5 Å². The monoisotopic (exact) mass is 361 g/mol. The number of rotatable bonds is 2. The molecular formula is C9H7F3INO3. The summed E-state index contributed by atoms with van der Waals surface area (Å²) in [5.74, 6) is -1.61. The molecule has 8 heteroatoms. The molecule has 0 N–H and O–H groups in total. The van der Waals surface area contributed by atoms with Gasteiger partial charge in [-0.1, -0.05) is 0 Å². The van der Waals surface area contributed by atoms with E-state index in [1.165, 1.54) is 13.1 Å². The van der Waals surface area contributed by atoms with Crippen molar-refractivity contribution >= 4 is 28.6 Å². The fourth-order valence-electron chi connectivity index (χ4n) is 1.05. The molecule has 1 heterocycles. The number of alkyl halides is 3. The van der Waals surface area contributed by atoms with Crippen molar-refractivity contribution in [2.75, 3.05) is 7.11 Å². The van der Waals surface area contributed by atoms with Gasteiger partial charge in [-0.15, -0.1) is 13.2 Å². The molecule has 0 aliphatic carbocycles. The van der Waals surface area contributed by atoms with Crippen LogP contribution in [0.25, 0.3) is 0 Å². The Morgan fingerprint density at radius 1 is 1.47 bits per heavy atom. The number of carbonyl (C=O) groups is 1. The first-order chi connectivity index (χ1) is 7.76. The second-order valence-electron chi connectivity index (χ2n) is 2.95. The minimum absolute atomic E-state index is 0.179. The maximum atomic E-state index is 12.2. The molecule has 1 aromatic heterocycles. The van der Waals surface area contributed by atoms with Crippen LogP contribution in [-0.2, 0) is 4.74 Å². The van der Waals surface area contributed by atoms with Crippen molar-refractivity contribution in [1.29, 1.82) is 0 Å². The summed E-state index contributed by atoms with van der Waals surface area (Å²) in [6.45, 7) is 1.40. The predicted molar refractivity (Wildman–Crippen MR) is 59.7 cm³/mol. The lowest BCUT2D eigenvalue weighted by molar-refractivity contribution is -0.275. The van der Waals surface area contributed by atoms with Gasteiger partial charge in [0.1, 0.15) is 0 Å². The zero-order valence-corrected chi connectivity index (χ0v) is 10.9. The summed E-state index contributed by atoms with van der Waals surface area (Å²) in [5, 5.41) is 0. The molecule has 0 bridgehead atoms. The molecule has 0 radical (unpaired) electrons. The molecule has 17 heavy (non-hydrogen) atoms. The summed E-state index contributed by atoms with van der Waals surface area (Å²) in [4.78, 5) is 14.8. The van der Waals surface area contributed by atoms with Crippen molar-refractivity contribution in [3.63, 3.8) is 0 Å². The lowest BCUT2D eigenvalue weighted by Crippen LogP contribution is -2.21. The highest BCUT2D eigenvalue weighted by molar-refractivity contribution is 14.1. The van der Waals surface area contributed by atoms with E-state index in [0.29, 0.717) is 3.57 Å². The van der Waals surface area contributed by atoms with Crippen LogP contribution in [0.3, 0.4) is 0 Å². The Bertz CT molecular complexity index is 448. The van der Waals surface area contributed by atoms with Crippen LogP contribution in [0.1, 0.15) is 16.1 Å². The Labute approximate surface area is 108 Å². The van der Waals surface area contributed by atoms with E-state index in [0.717, 1.165) is 7.11 Å². The van der Waals surface area contributed by atoms with Gasteiger partial charge in [-0.05, 0) is 29.5 Å². The molecule has 0 spiro atoms. The number of aromatic nitrogens is 1. The van der Waals surface area contributed by atoms with Crippen LogP contribution in [0.5, 0.6) is 5.75 Å². The number of esters is 1. The summed E-state index contributed by atoms with van der Waals surface area (Å²) in [5.41, 5.74) is -0.318. The van der Waals surface area contributed by atoms with Crippen LogP contribution in [0.2, 0.25) is 0 Å². The van der Waals surface area contributed by atoms with Gasteiger partial charge in [0, 0.05) is 15.3 Å². The fourth-order valence-corrected chi connectivity index (χ4v) is 1.43. The topological polar surface area (TPSA) is 48.4 Å². The summed E-state index contributed by atoms with van der Waals surface area (Å²) in [6, 6.07) is 0. The van der Waals surface area contributed by atoms with E-state index in [4.69, 9.17) is 0 Å². The van der Waals surface area contributed by atoms with Gasteiger partial charge >= 0.3 is 12.3 Å². The number of nitrogens with zero attached hydrogens (tertiary/aromatic N) is 1. The van der Waals surface area contributed by atoms with Gasteiger partial charge in [0.15, 0.2) is 11.4 Å². The maximum absolute atomic E-state index is 12.2. The maximum Gasteiger partial charge on any atom is 0.573 e. The average molecular weight is 361 g/mol. The first-order valence-electron chi connectivity index (χ1n) is 4.25. The minimum atomic E-state index is -4.89. The van der Waals surface area contributed by atoms with Crippen LogP contribution in [-0.4, -0.2) is 24.4 Å². The van der Waals surface area contributed by atoms with Gasteiger partial charge in [0.05, 0.1) is 7.11 Å². The summed E-state index contributed by atoms with van der Waals surface area (Å²) >= 11 is 1.79. The van der Waals surface area contributed by atoms with Crippen LogP contribution in [0.15, 0.2) is 6.20 Å². The molecule has 0 aliphatic rings. The van der Waals surface area contributed by atoms with E-state index in [1.54, 1.807) is 22.6 Å². The first-order valence-corrected chi connectivity index (χ1v) is 5.33. The highest BCUT2D eigenvalue weighted by Crippen LogP contribution is 2.31. The van der Waals surface area contributed by atoms with Gasteiger partial charge in [0.25, 0.3) is 0 Å². The van der Waals surface area contributed by atoms with Crippen molar-refractivity contribution in [2.24, 2.45) is 0 Å². The van der Waals surface area contributed by atoms with Gasteiger partial charge in [-0.3, -0.25) is 0 Å². The van der Waals surface area contributed by atoms with E-state index < -0.39 is 23.8 Å². The number of carbonyl (C=O) groups excluding carboxylic acids is 1. The van der Waals surface area contributed by atoms with Crippen LogP contribution in [0.4, 0.5) is 13.2 Å². The quantitative estimate of drug-likeness (QED) is 0.601. The molecule has 0 unspecified atom stereocenters. The van der Waals surface area contributed by atoms with Gasteiger partial charge in [-0.25, -0.2) is 9.78 Å². The van der Waals surface area contributed by atoms with Crippen LogP contribution in [0, 0.1) is 10.5 Å². The van der Waals surface area contributed by atoms with E-state index >= 15 is 0 Å². The third-order valence-corrected chi connectivity index (χ3v) is 2.91. The van der Waals surface area contributed by atoms with Crippen LogP contribution >= 0.6 is 22.6 Å². The lowest BCUT2D eigenvalue weighted by atomic mass is 10.2. The second kappa shape index (κ2) is 5.07. The normalized spacial score (nSPS) is 11.2. The first kappa shape index (κ1) is 14.0. The summed E-state index contributed by atoms with van der Waals surface area (Å²) in [6.07, 6.45) is -3.62. The Kier molecular flexibility index (Phi) is 4.17. The SMILES string of the molecule is COC(=O)c1ncc(I)c(C)c1OC(F)(F)F. The Balaban J connectivity index is 3.31. The zero-order valence-electron chi connectivity index (χ0n) is 8.76. The molecule has 94 valence electrons. The molecule has 1 rings (SSSR count). The van der Waals surface area contributed by atoms with Crippen molar-refractivity contribution in [1.82, 2.24) is 4.98 Å². The number of hydrogen-bond acceptors (Lipinski definition) is 4. The summed E-state index contributed by atoms with van der Waals surface area (Å²) in [7, 11) is 1.05. The highest BCUT2D eigenvalue weighted by Gasteiger charge is 2.35. The van der Waals surface area contributed by atoms with E-state index in [9.17, 15) is 18.0 Å². The van der Waals surface area contributed by atoms with E-state index in [-0.39, 0.29) is 5.56 Å². The van der Waals surface area contributed by atoms with Gasteiger partial charge < -0.3 is 9.47 Å². The molecule has 0 saturated carbocycles. The zero-order chi connectivity index (χ0) is 13.2. The Morgan fingerprint density at radius 2 is 2.06 bits per heavy atom. The van der Waals surface area contributed by atoms with Gasteiger partial charge in [0.2, 0.25) is 0 Å².